The minimum absolute atomic E-state index is 0.00984. The van der Waals surface area contributed by atoms with Crippen LogP contribution in [-0.4, -0.2) is 9.85 Å². The van der Waals surface area contributed by atoms with Crippen molar-refractivity contribution in [3.05, 3.63) is 190 Å². The van der Waals surface area contributed by atoms with Crippen LogP contribution in [-0.2, 0) is 0 Å². The number of nitro groups is 2. The van der Waals surface area contributed by atoms with Gasteiger partial charge in [0.1, 0.15) is 0 Å². The van der Waals surface area contributed by atoms with E-state index >= 15 is 0 Å². The molecule has 0 radical (unpaired) electrons. The first-order valence-electron chi connectivity index (χ1n) is 15.5. The summed E-state index contributed by atoms with van der Waals surface area (Å²) in [4.78, 5) is 22.7. The molecule has 7 aromatic rings. The summed E-state index contributed by atoms with van der Waals surface area (Å²) in [5.74, 6) is 0. The van der Waals surface area contributed by atoms with Gasteiger partial charge in [-0.15, -0.1) is 0 Å². The van der Waals surface area contributed by atoms with Gasteiger partial charge in [-0.05, 0) is 91.0 Å². The van der Waals surface area contributed by atoms with Crippen molar-refractivity contribution < 1.29 is 9.85 Å². The predicted octanol–water partition coefficient (Wildman–Crippen LogP) is 11.5. The normalized spacial score (nSPS) is 10.8. The molecule has 0 amide bonds. The van der Waals surface area contributed by atoms with Crippen molar-refractivity contribution in [2.45, 2.75) is 0 Å². The largest absolute Gasteiger partial charge is 0.269 e. The fourth-order valence-electron chi connectivity index (χ4n) is 6.40. The zero-order valence-corrected chi connectivity index (χ0v) is 25.7. The summed E-state index contributed by atoms with van der Waals surface area (Å²) in [5.41, 5.74) is 11.1. The van der Waals surface area contributed by atoms with Crippen LogP contribution in [0.4, 0.5) is 11.4 Å². The van der Waals surface area contributed by atoms with Gasteiger partial charge in [0.25, 0.3) is 11.4 Å². The first-order chi connectivity index (χ1) is 23.5. The van der Waals surface area contributed by atoms with E-state index in [4.69, 9.17) is 0 Å². The minimum Gasteiger partial charge on any atom is -0.258 e. The van der Waals surface area contributed by atoms with Gasteiger partial charge >= 0.3 is 0 Å². The number of hydrogen-bond acceptors (Lipinski definition) is 4. The molecule has 0 heterocycles. The summed E-state index contributed by atoms with van der Waals surface area (Å²) in [7, 11) is 0. The van der Waals surface area contributed by atoms with Crippen LogP contribution < -0.4 is 0 Å². The Morgan fingerprint density at radius 1 is 0.271 bits per heavy atom. The monoisotopic (exact) mass is 624 g/mol. The molecule has 48 heavy (non-hydrogen) atoms. The van der Waals surface area contributed by atoms with Crippen LogP contribution in [0.3, 0.4) is 0 Å². The second-order valence-corrected chi connectivity index (χ2v) is 11.3. The average molecular weight is 625 g/mol. The SMILES string of the molecule is O=[N+]([O-])c1ccc(-c2c(-c3ccccc3)c(-c3ccccc3)c(-c3ccccc3)c(-c3ccccc3)c2-c2ccc([N+](=O)[O-])cc2)cc1. The molecular weight excluding hydrogens is 596 g/mol. The highest BCUT2D eigenvalue weighted by Gasteiger charge is 2.29. The van der Waals surface area contributed by atoms with Crippen molar-refractivity contribution >= 4 is 11.4 Å². The molecular formula is C42H28N2O4. The van der Waals surface area contributed by atoms with Crippen LogP contribution in [0.5, 0.6) is 0 Å². The maximum absolute atomic E-state index is 11.7. The van der Waals surface area contributed by atoms with Gasteiger partial charge in [0.15, 0.2) is 0 Å². The van der Waals surface area contributed by atoms with Crippen LogP contribution in [0.15, 0.2) is 170 Å². The Hall–Kier alpha value is -6.66. The summed E-state index contributed by atoms with van der Waals surface area (Å²) >= 11 is 0. The zero-order valence-electron chi connectivity index (χ0n) is 25.7. The van der Waals surface area contributed by atoms with Crippen molar-refractivity contribution in [2.75, 3.05) is 0 Å². The van der Waals surface area contributed by atoms with Crippen LogP contribution in [0.25, 0.3) is 66.8 Å². The third-order valence-electron chi connectivity index (χ3n) is 8.48. The lowest BCUT2D eigenvalue weighted by molar-refractivity contribution is -0.385. The summed E-state index contributed by atoms with van der Waals surface area (Å²) < 4.78 is 0. The molecule has 6 heteroatoms. The highest BCUT2D eigenvalue weighted by Crippen LogP contribution is 2.55. The summed E-state index contributed by atoms with van der Waals surface area (Å²) in [6.45, 7) is 0. The number of hydrogen-bond donors (Lipinski definition) is 0. The summed E-state index contributed by atoms with van der Waals surface area (Å²) in [6.07, 6.45) is 0. The maximum Gasteiger partial charge on any atom is 0.269 e. The Balaban J connectivity index is 1.78. The van der Waals surface area contributed by atoms with E-state index in [1.54, 1.807) is 24.3 Å². The molecule has 0 saturated heterocycles. The van der Waals surface area contributed by atoms with Gasteiger partial charge < -0.3 is 0 Å². The molecule has 0 unspecified atom stereocenters. The van der Waals surface area contributed by atoms with Crippen molar-refractivity contribution in [3.8, 4) is 66.8 Å². The molecule has 0 aromatic heterocycles. The van der Waals surface area contributed by atoms with E-state index in [9.17, 15) is 20.2 Å². The van der Waals surface area contributed by atoms with Gasteiger partial charge in [-0.3, -0.25) is 20.2 Å². The first-order valence-corrected chi connectivity index (χ1v) is 15.5. The molecule has 7 rings (SSSR count). The Morgan fingerprint density at radius 3 is 0.646 bits per heavy atom. The lowest BCUT2D eigenvalue weighted by Crippen LogP contribution is -2.02. The van der Waals surface area contributed by atoms with Crippen LogP contribution in [0.1, 0.15) is 0 Å². The number of non-ortho nitro benzene ring substituents is 2. The smallest absolute Gasteiger partial charge is 0.258 e. The Kier molecular flexibility index (Phi) is 8.12. The average Bonchev–Trinajstić information content (AvgIpc) is 3.15. The van der Waals surface area contributed by atoms with Crippen LogP contribution in [0.2, 0.25) is 0 Å². The van der Waals surface area contributed by atoms with Gasteiger partial charge in [-0.2, -0.15) is 0 Å². The van der Waals surface area contributed by atoms with E-state index in [1.807, 2.05) is 72.8 Å². The van der Waals surface area contributed by atoms with Crippen molar-refractivity contribution in [1.29, 1.82) is 0 Å². The molecule has 0 saturated carbocycles. The van der Waals surface area contributed by atoms with Gasteiger partial charge in [0.2, 0.25) is 0 Å². The molecule has 0 N–H and O–H groups in total. The van der Waals surface area contributed by atoms with E-state index in [2.05, 4.69) is 48.5 Å². The Morgan fingerprint density at radius 2 is 0.458 bits per heavy atom. The predicted molar refractivity (Wildman–Crippen MR) is 192 cm³/mol. The maximum atomic E-state index is 11.7. The fourth-order valence-corrected chi connectivity index (χ4v) is 6.40. The molecule has 0 spiro atoms. The van der Waals surface area contributed by atoms with Gasteiger partial charge in [0, 0.05) is 24.3 Å². The molecule has 0 bridgehead atoms. The minimum atomic E-state index is -0.400. The third kappa shape index (κ3) is 5.63. The van der Waals surface area contributed by atoms with E-state index in [0.29, 0.717) is 0 Å². The summed E-state index contributed by atoms with van der Waals surface area (Å²) in [6, 6.07) is 54.1. The molecule has 0 aliphatic carbocycles. The second-order valence-electron chi connectivity index (χ2n) is 11.3. The van der Waals surface area contributed by atoms with E-state index in [1.165, 1.54) is 24.3 Å². The number of rotatable bonds is 8. The van der Waals surface area contributed by atoms with Gasteiger partial charge in [-0.25, -0.2) is 0 Å². The molecule has 230 valence electrons. The third-order valence-corrected chi connectivity index (χ3v) is 8.48. The van der Waals surface area contributed by atoms with Crippen LogP contribution >= 0.6 is 0 Å². The Bertz CT molecular complexity index is 2070. The lowest BCUT2D eigenvalue weighted by Gasteiger charge is -2.28. The van der Waals surface area contributed by atoms with E-state index in [0.717, 1.165) is 66.8 Å². The molecule has 6 nitrogen and oxygen atoms in total. The Labute approximate surface area is 277 Å². The van der Waals surface area contributed by atoms with Gasteiger partial charge in [0.05, 0.1) is 9.85 Å². The van der Waals surface area contributed by atoms with Crippen molar-refractivity contribution in [2.24, 2.45) is 0 Å². The molecule has 0 fully saturated rings. The number of nitro benzene ring substituents is 2. The highest BCUT2D eigenvalue weighted by atomic mass is 16.6. The van der Waals surface area contributed by atoms with Gasteiger partial charge in [-0.1, -0.05) is 121 Å². The lowest BCUT2D eigenvalue weighted by atomic mass is 9.74. The van der Waals surface area contributed by atoms with Crippen molar-refractivity contribution in [3.63, 3.8) is 0 Å². The first kappa shape index (κ1) is 30.0. The van der Waals surface area contributed by atoms with Crippen molar-refractivity contribution in [1.82, 2.24) is 0 Å². The summed E-state index contributed by atoms with van der Waals surface area (Å²) in [5, 5.41) is 23.5. The second kappa shape index (κ2) is 13.0. The number of nitrogens with zero attached hydrogens (tertiary/aromatic N) is 2. The molecule has 7 aromatic carbocycles. The molecule has 0 aliphatic rings. The van der Waals surface area contributed by atoms with E-state index in [-0.39, 0.29) is 11.4 Å². The highest BCUT2D eigenvalue weighted by molar-refractivity contribution is 6.15. The van der Waals surface area contributed by atoms with E-state index < -0.39 is 9.85 Å². The topological polar surface area (TPSA) is 86.3 Å². The van der Waals surface area contributed by atoms with Crippen LogP contribution in [0, 0.1) is 20.2 Å². The number of benzene rings is 7. The zero-order chi connectivity index (χ0) is 33.0. The molecule has 0 atom stereocenters. The quantitative estimate of drug-likeness (QED) is 0.124. The molecule has 0 aliphatic heterocycles. The fraction of sp³-hybridized carbons (Fsp3) is 0. The standard InChI is InChI=1S/C42H28N2O4/c45-43(46)35-25-21-33(22-26-35)41-39(31-17-9-3-10-18-31)37(29-13-5-1-6-14-29)38(30-15-7-2-8-16-30)40(32-19-11-4-12-20-32)42(41)34-23-27-36(28-24-34)44(47)48/h1-28H.